The van der Waals surface area contributed by atoms with E-state index in [9.17, 15) is 13.2 Å². The summed E-state index contributed by atoms with van der Waals surface area (Å²) in [5.41, 5.74) is 1.20. The van der Waals surface area contributed by atoms with Crippen LogP contribution < -0.4 is 0 Å². The molecule has 20 heavy (non-hydrogen) atoms. The highest BCUT2D eigenvalue weighted by atomic mass is 32.1. The lowest BCUT2D eigenvalue weighted by Gasteiger charge is -2.21. The molecule has 2 aromatic heterocycles. The van der Waals surface area contributed by atoms with Crippen LogP contribution in [0.4, 0.5) is 13.2 Å². The SMILES string of the molecule is FC(F)(F)c1csc(COC2CCCc3cn[nH]c32)n1. The number of aromatic amines is 1. The molecule has 1 aliphatic rings. The monoisotopic (exact) mass is 303 g/mol. The topological polar surface area (TPSA) is 50.8 Å². The maximum Gasteiger partial charge on any atom is 0.434 e. The van der Waals surface area contributed by atoms with Gasteiger partial charge in [-0.15, -0.1) is 11.3 Å². The van der Waals surface area contributed by atoms with Crippen LogP contribution in [-0.2, 0) is 23.9 Å². The van der Waals surface area contributed by atoms with Crippen molar-refractivity contribution in [3.8, 4) is 0 Å². The van der Waals surface area contributed by atoms with Crippen molar-refractivity contribution >= 4 is 11.3 Å². The minimum absolute atomic E-state index is 0.0872. The molecule has 0 saturated heterocycles. The number of nitrogens with zero attached hydrogens (tertiary/aromatic N) is 2. The molecule has 0 amide bonds. The lowest BCUT2D eigenvalue weighted by atomic mass is 9.96. The highest BCUT2D eigenvalue weighted by Gasteiger charge is 2.33. The van der Waals surface area contributed by atoms with E-state index in [-0.39, 0.29) is 12.7 Å². The zero-order valence-electron chi connectivity index (χ0n) is 10.4. The number of alkyl halides is 3. The Morgan fingerprint density at radius 3 is 3.05 bits per heavy atom. The smallest absolute Gasteiger partial charge is 0.365 e. The van der Waals surface area contributed by atoms with Crippen molar-refractivity contribution in [2.45, 2.75) is 38.1 Å². The number of fused-ring (bicyclic) bond motifs is 1. The summed E-state index contributed by atoms with van der Waals surface area (Å²) in [5, 5.41) is 8.23. The Kier molecular flexibility index (Phi) is 3.51. The Labute approximate surface area is 117 Å². The van der Waals surface area contributed by atoms with Crippen LogP contribution in [0.5, 0.6) is 0 Å². The molecule has 0 bridgehead atoms. The first-order valence-corrected chi connectivity index (χ1v) is 7.07. The number of thiazole rings is 1. The van der Waals surface area contributed by atoms with Gasteiger partial charge in [-0.3, -0.25) is 5.10 Å². The number of aromatic nitrogens is 3. The fourth-order valence-corrected chi connectivity index (χ4v) is 2.99. The Morgan fingerprint density at radius 2 is 2.30 bits per heavy atom. The molecule has 2 aromatic rings. The lowest BCUT2D eigenvalue weighted by molar-refractivity contribution is -0.140. The average Bonchev–Trinajstić information content (AvgIpc) is 3.04. The number of nitrogens with one attached hydrogen (secondary N) is 1. The molecular weight excluding hydrogens is 291 g/mol. The number of hydrogen-bond acceptors (Lipinski definition) is 4. The third-order valence-electron chi connectivity index (χ3n) is 3.24. The summed E-state index contributed by atoms with van der Waals surface area (Å²) < 4.78 is 43.0. The van der Waals surface area contributed by atoms with Crippen molar-refractivity contribution in [2.24, 2.45) is 0 Å². The summed E-state index contributed by atoms with van der Waals surface area (Å²) in [5.74, 6) is 0. The zero-order chi connectivity index (χ0) is 14.2. The fraction of sp³-hybridized carbons (Fsp3) is 0.500. The van der Waals surface area contributed by atoms with Crippen molar-refractivity contribution < 1.29 is 17.9 Å². The van der Waals surface area contributed by atoms with Crippen LogP contribution in [0.15, 0.2) is 11.6 Å². The summed E-state index contributed by atoms with van der Waals surface area (Å²) in [7, 11) is 0. The summed E-state index contributed by atoms with van der Waals surface area (Å²) in [6.07, 6.45) is 0.0302. The van der Waals surface area contributed by atoms with Gasteiger partial charge in [0.05, 0.1) is 24.6 Å². The first-order chi connectivity index (χ1) is 9.54. The summed E-state index contributed by atoms with van der Waals surface area (Å²) in [6.45, 7) is 0.0872. The van der Waals surface area contributed by atoms with E-state index in [0.29, 0.717) is 5.01 Å². The number of rotatable bonds is 3. The summed E-state index contributed by atoms with van der Waals surface area (Å²) >= 11 is 0.966. The molecule has 108 valence electrons. The molecule has 0 aliphatic heterocycles. The Hall–Kier alpha value is -1.41. The van der Waals surface area contributed by atoms with Crippen LogP contribution in [0.25, 0.3) is 0 Å². The second kappa shape index (κ2) is 5.17. The van der Waals surface area contributed by atoms with Gasteiger partial charge in [-0.1, -0.05) is 0 Å². The largest absolute Gasteiger partial charge is 0.434 e. The van der Waals surface area contributed by atoms with E-state index >= 15 is 0 Å². The second-order valence-corrected chi connectivity index (χ2v) is 5.57. The van der Waals surface area contributed by atoms with Gasteiger partial charge in [0.15, 0.2) is 5.69 Å². The molecule has 1 aliphatic carbocycles. The molecule has 0 radical (unpaired) electrons. The third-order valence-corrected chi connectivity index (χ3v) is 4.06. The quantitative estimate of drug-likeness (QED) is 0.944. The molecule has 8 heteroatoms. The number of halogens is 3. The van der Waals surface area contributed by atoms with E-state index in [0.717, 1.165) is 47.2 Å². The van der Waals surface area contributed by atoms with Gasteiger partial charge < -0.3 is 4.74 Å². The predicted molar refractivity (Wildman–Crippen MR) is 66.2 cm³/mol. The molecule has 1 N–H and O–H groups in total. The summed E-state index contributed by atoms with van der Waals surface area (Å²) in [6, 6.07) is 0. The van der Waals surface area contributed by atoms with Crippen LogP contribution in [0.2, 0.25) is 0 Å². The van der Waals surface area contributed by atoms with Gasteiger partial charge in [0.1, 0.15) is 5.01 Å². The molecule has 1 unspecified atom stereocenters. The highest BCUT2D eigenvalue weighted by molar-refractivity contribution is 7.09. The van der Waals surface area contributed by atoms with Crippen LogP contribution in [0.3, 0.4) is 0 Å². The van der Waals surface area contributed by atoms with Crippen molar-refractivity contribution in [1.82, 2.24) is 15.2 Å². The Bertz CT molecular complexity index is 593. The molecule has 1 atom stereocenters. The second-order valence-electron chi connectivity index (χ2n) is 4.63. The van der Waals surface area contributed by atoms with Gasteiger partial charge in [0.2, 0.25) is 0 Å². The molecule has 4 nitrogen and oxygen atoms in total. The first kappa shape index (κ1) is 13.6. The van der Waals surface area contributed by atoms with E-state index < -0.39 is 11.9 Å². The van der Waals surface area contributed by atoms with Gasteiger partial charge in [-0.25, -0.2) is 4.98 Å². The molecular formula is C12H12F3N3OS. The molecule has 0 saturated carbocycles. The fourth-order valence-electron chi connectivity index (χ4n) is 2.27. The van der Waals surface area contributed by atoms with Crippen molar-refractivity contribution in [1.29, 1.82) is 0 Å². The van der Waals surface area contributed by atoms with Crippen LogP contribution in [0.1, 0.15) is 40.9 Å². The van der Waals surface area contributed by atoms with Gasteiger partial charge in [0.25, 0.3) is 0 Å². The number of hydrogen-bond donors (Lipinski definition) is 1. The normalized spacial score (nSPS) is 19.1. The van der Waals surface area contributed by atoms with Crippen molar-refractivity contribution in [3.05, 3.63) is 33.5 Å². The molecule has 2 heterocycles. The molecule has 3 rings (SSSR count). The first-order valence-electron chi connectivity index (χ1n) is 6.19. The van der Waals surface area contributed by atoms with Crippen LogP contribution in [-0.4, -0.2) is 15.2 Å². The third kappa shape index (κ3) is 2.71. The van der Waals surface area contributed by atoms with E-state index in [1.165, 1.54) is 0 Å². The summed E-state index contributed by atoms with van der Waals surface area (Å²) in [4.78, 5) is 3.55. The minimum atomic E-state index is -4.39. The molecule has 0 fully saturated rings. The van der Waals surface area contributed by atoms with Crippen LogP contribution in [0, 0.1) is 0 Å². The van der Waals surface area contributed by atoms with E-state index in [2.05, 4.69) is 15.2 Å². The van der Waals surface area contributed by atoms with E-state index in [1.54, 1.807) is 6.20 Å². The number of ether oxygens (including phenoxy) is 1. The highest BCUT2D eigenvalue weighted by Crippen LogP contribution is 2.33. The van der Waals surface area contributed by atoms with Crippen LogP contribution >= 0.6 is 11.3 Å². The van der Waals surface area contributed by atoms with E-state index in [4.69, 9.17) is 4.74 Å². The zero-order valence-corrected chi connectivity index (χ0v) is 11.2. The minimum Gasteiger partial charge on any atom is -0.365 e. The van der Waals surface area contributed by atoms with E-state index in [1.807, 2.05) is 0 Å². The lowest BCUT2D eigenvalue weighted by Crippen LogP contribution is -2.12. The number of H-pyrrole nitrogens is 1. The van der Waals surface area contributed by atoms with Crippen molar-refractivity contribution in [2.75, 3.05) is 0 Å². The number of aryl methyl sites for hydroxylation is 1. The van der Waals surface area contributed by atoms with Gasteiger partial charge in [-0.05, 0) is 24.8 Å². The van der Waals surface area contributed by atoms with Gasteiger partial charge >= 0.3 is 6.18 Å². The maximum atomic E-state index is 12.4. The van der Waals surface area contributed by atoms with Gasteiger partial charge in [-0.2, -0.15) is 18.3 Å². The average molecular weight is 303 g/mol. The standard InChI is InChI=1S/C12H12F3N3OS/c13-12(14,15)9-6-20-10(17-9)5-19-8-3-1-2-7-4-16-18-11(7)8/h4,6,8H,1-3,5H2,(H,16,18). The predicted octanol–water partition coefficient (Wildman–Crippen LogP) is 3.48. The van der Waals surface area contributed by atoms with Crippen molar-refractivity contribution in [3.63, 3.8) is 0 Å². The Balaban J connectivity index is 1.65. The maximum absolute atomic E-state index is 12.4. The van der Waals surface area contributed by atoms with Gasteiger partial charge in [0, 0.05) is 5.38 Å². The molecule has 0 spiro atoms. The Morgan fingerprint density at radius 1 is 1.45 bits per heavy atom. The molecule has 0 aromatic carbocycles.